The number of anilines is 2. The van der Waals surface area contributed by atoms with E-state index in [2.05, 4.69) is 10.2 Å². The minimum absolute atomic E-state index is 0.0658. The van der Waals surface area contributed by atoms with E-state index in [9.17, 15) is 14.4 Å². The minimum Gasteiger partial charge on any atom is -0.366 e. The molecule has 4 atom stereocenters. The fourth-order valence-electron chi connectivity index (χ4n) is 7.05. The summed E-state index contributed by atoms with van der Waals surface area (Å²) >= 11 is 12.6. The Bertz CT molecular complexity index is 1590. The van der Waals surface area contributed by atoms with Gasteiger partial charge < -0.3 is 16.0 Å². The summed E-state index contributed by atoms with van der Waals surface area (Å²) in [5, 5.41) is 3.41. The smallest absolute Gasteiger partial charge is 0.250 e. The number of carbonyl (C=O) groups is 3. The van der Waals surface area contributed by atoms with Crippen LogP contribution >= 0.6 is 23.2 Å². The SMILES string of the molecule is NC(=O)c1ccc(N2C[C@H]3C(C2=O)[C@H](c2cccc(Cl)c2F)[C@]2(C(=O)Nc4cc(Cl)ccc42)N3CC2CC2)cc1. The molecule has 1 saturated carbocycles. The summed E-state index contributed by atoms with van der Waals surface area (Å²) in [5.74, 6) is -2.90. The van der Waals surface area contributed by atoms with Gasteiger partial charge in [-0.05, 0) is 66.8 Å². The van der Waals surface area contributed by atoms with Gasteiger partial charge in [-0.15, -0.1) is 0 Å². The Morgan fingerprint density at radius 2 is 1.82 bits per heavy atom. The van der Waals surface area contributed by atoms with Gasteiger partial charge >= 0.3 is 0 Å². The van der Waals surface area contributed by atoms with Gasteiger partial charge in [0.25, 0.3) is 0 Å². The highest BCUT2D eigenvalue weighted by Crippen LogP contribution is 2.62. The molecular weight excluding hydrogens is 554 g/mol. The van der Waals surface area contributed by atoms with Crippen LogP contribution < -0.4 is 16.0 Å². The summed E-state index contributed by atoms with van der Waals surface area (Å²) in [5.41, 5.74) is 6.52. The second-order valence-electron chi connectivity index (χ2n) is 11.1. The van der Waals surface area contributed by atoms with Crippen molar-refractivity contribution in [1.82, 2.24) is 4.90 Å². The zero-order chi connectivity index (χ0) is 27.9. The Balaban J connectivity index is 1.43. The van der Waals surface area contributed by atoms with Gasteiger partial charge in [0.05, 0.1) is 10.9 Å². The molecule has 40 heavy (non-hydrogen) atoms. The molecule has 1 unspecified atom stereocenters. The van der Waals surface area contributed by atoms with Crippen LogP contribution in [0.5, 0.6) is 0 Å². The maximum Gasteiger partial charge on any atom is 0.250 e. The quantitative estimate of drug-likeness (QED) is 0.449. The van der Waals surface area contributed by atoms with E-state index in [4.69, 9.17) is 28.9 Å². The lowest BCUT2D eigenvalue weighted by atomic mass is 9.71. The number of hydrogen-bond acceptors (Lipinski definition) is 4. The second-order valence-corrected chi connectivity index (χ2v) is 11.9. The molecule has 0 bridgehead atoms. The minimum atomic E-state index is -1.32. The van der Waals surface area contributed by atoms with E-state index in [0.717, 1.165) is 12.8 Å². The van der Waals surface area contributed by atoms with Crippen molar-refractivity contribution in [2.45, 2.75) is 30.3 Å². The average Bonchev–Trinajstić information content (AvgIpc) is 3.55. The van der Waals surface area contributed by atoms with Crippen molar-refractivity contribution in [2.24, 2.45) is 17.6 Å². The van der Waals surface area contributed by atoms with Crippen LogP contribution in [0.3, 0.4) is 0 Å². The molecular formula is C30H25Cl2FN4O3. The maximum atomic E-state index is 15.9. The third kappa shape index (κ3) is 3.56. The van der Waals surface area contributed by atoms with Crippen LogP contribution in [0.25, 0.3) is 0 Å². The van der Waals surface area contributed by atoms with E-state index < -0.39 is 29.1 Å². The number of primary amides is 1. The van der Waals surface area contributed by atoms with Crippen molar-refractivity contribution >= 4 is 52.3 Å². The zero-order valence-electron chi connectivity index (χ0n) is 21.2. The molecule has 1 aliphatic carbocycles. The molecule has 204 valence electrons. The number of nitrogens with one attached hydrogen (secondary N) is 1. The number of nitrogens with zero attached hydrogens (tertiary/aromatic N) is 2. The molecule has 3 amide bonds. The number of hydrogen-bond donors (Lipinski definition) is 2. The lowest BCUT2D eigenvalue weighted by Crippen LogP contribution is -2.54. The number of rotatable bonds is 5. The molecule has 7 nitrogen and oxygen atoms in total. The summed E-state index contributed by atoms with van der Waals surface area (Å²) < 4.78 is 15.9. The highest BCUT2D eigenvalue weighted by molar-refractivity contribution is 6.31. The molecule has 3 heterocycles. The van der Waals surface area contributed by atoms with Gasteiger partial charge in [0.15, 0.2) is 0 Å². The third-order valence-corrected chi connectivity index (χ3v) is 9.44. The lowest BCUT2D eigenvalue weighted by molar-refractivity contribution is -0.128. The summed E-state index contributed by atoms with van der Waals surface area (Å²) in [6, 6.07) is 16.2. The van der Waals surface area contributed by atoms with Crippen LogP contribution in [0.15, 0.2) is 60.7 Å². The van der Waals surface area contributed by atoms with Gasteiger partial charge in [-0.3, -0.25) is 19.3 Å². The number of likely N-dealkylation sites (tertiary alicyclic amines) is 1. The fraction of sp³-hybridized carbons (Fsp3) is 0.300. The Labute approximate surface area is 240 Å². The predicted molar refractivity (Wildman–Crippen MR) is 150 cm³/mol. The first-order chi connectivity index (χ1) is 19.2. The number of carbonyl (C=O) groups excluding carboxylic acids is 3. The molecule has 3 aromatic carbocycles. The Hall–Kier alpha value is -3.46. The van der Waals surface area contributed by atoms with Gasteiger partial charge in [-0.1, -0.05) is 41.4 Å². The molecule has 7 rings (SSSR count). The first-order valence-electron chi connectivity index (χ1n) is 13.2. The molecule has 0 aromatic heterocycles. The Morgan fingerprint density at radius 3 is 2.52 bits per heavy atom. The van der Waals surface area contributed by atoms with Gasteiger partial charge in [0.2, 0.25) is 17.7 Å². The standard InChI is InChI=1S/C30H25Cl2FN4O3/c31-17-8-11-20-22(12-17)35-29(40)30(20)25(19-2-1-3-21(32)26(19)33)24-23(37(30)13-15-4-5-15)14-36(28(24)39)18-9-6-16(7-10-18)27(34)38/h1-3,6-12,15,23-25H,4-5,13-14H2,(H2,34,38)(H,35,40)/t23-,24?,25-,30+/m0/s1. The predicted octanol–water partition coefficient (Wildman–Crippen LogP) is 4.92. The van der Waals surface area contributed by atoms with Crippen LogP contribution in [-0.2, 0) is 15.1 Å². The van der Waals surface area contributed by atoms with Crippen molar-refractivity contribution in [3.05, 3.63) is 93.2 Å². The highest BCUT2D eigenvalue weighted by Gasteiger charge is 2.71. The van der Waals surface area contributed by atoms with Gasteiger partial charge in [0.1, 0.15) is 11.4 Å². The molecule has 2 saturated heterocycles. The van der Waals surface area contributed by atoms with E-state index in [1.807, 2.05) is 6.07 Å². The van der Waals surface area contributed by atoms with Crippen LogP contribution in [0.2, 0.25) is 10.0 Å². The van der Waals surface area contributed by atoms with E-state index >= 15 is 4.39 Å². The number of amides is 3. The third-order valence-electron chi connectivity index (χ3n) is 8.92. The monoisotopic (exact) mass is 578 g/mol. The van der Waals surface area contributed by atoms with E-state index in [-0.39, 0.29) is 28.4 Å². The van der Waals surface area contributed by atoms with E-state index in [0.29, 0.717) is 46.5 Å². The Morgan fingerprint density at radius 1 is 1.07 bits per heavy atom. The summed E-state index contributed by atoms with van der Waals surface area (Å²) in [7, 11) is 0. The molecule has 3 aliphatic heterocycles. The summed E-state index contributed by atoms with van der Waals surface area (Å²) in [6.07, 6.45) is 2.06. The van der Waals surface area contributed by atoms with Crippen LogP contribution in [-0.4, -0.2) is 41.8 Å². The second kappa shape index (κ2) is 9.03. The molecule has 3 aromatic rings. The van der Waals surface area contributed by atoms with Crippen molar-refractivity contribution in [2.75, 3.05) is 23.3 Å². The first-order valence-corrected chi connectivity index (χ1v) is 14.0. The molecule has 10 heteroatoms. The Kier molecular flexibility index (Phi) is 5.75. The molecule has 3 N–H and O–H groups in total. The molecule has 1 spiro atoms. The number of nitrogens with two attached hydrogens (primary N) is 1. The molecule has 3 fully saturated rings. The van der Waals surface area contributed by atoms with Crippen LogP contribution in [0, 0.1) is 17.7 Å². The molecule has 4 aliphatic rings. The topological polar surface area (TPSA) is 95.7 Å². The summed E-state index contributed by atoms with van der Waals surface area (Å²) in [4.78, 5) is 44.0. The lowest BCUT2D eigenvalue weighted by Gasteiger charge is -2.41. The van der Waals surface area contributed by atoms with Crippen LogP contribution in [0.4, 0.5) is 15.8 Å². The van der Waals surface area contributed by atoms with E-state index in [1.165, 1.54) is 6.07 Å². The van der Waals surface area contributed by atoms with Crippen molar-refractivity contribution in [3.63, 3.8) is 0 Å². The normalized spacial score (nSPS) is 27.3. The number of halogens is 3. The highest BCUT2D eigenvalue weighted by atomic mass is 35.5. The van der Waals surface area contributed by atoms with E-state index in [1.54, 1.807) is 53.4 Å². The largest absolute Gasteiger partial charge is 0.366 e. The van der Waals surface area contributed by atoms with Crippen molar-refractivity contribution < 1.29 is 18.8 Å². The fourth-order valence-corrected chi connectivity index (χ4v) is 7.41. The molecule has 0 radical (unpaired) electrons. The number of fused-ring (bicyclic) bond motifs is 3. The number of benzene rings is 3. The maximum absolute atomic E-state index is 15.9. The van der Waals surface area contributed by atoms with Crippen LogP contribution in [0.1, 0.15) is 40.2 Å². The summed E-state index contributed by atoms with van der Waals surface area (Å²) in [6.45, 7) is 0.903. The van der Waals surface area contributed by atoms with Crippen molar-refractivity contribution in [3.8, 4) is 0 Å². The zero-order valence-corrected chi connectivity index (χ0v) is 22.8. The van der Waals surface area contributed by atoms with Gasteiger partial charge in [-0.25, -0.2) is 4.39 Å². The first kappa shape index (κ1) is 25.5. The van der Waals surface area contributed by atoms with Crippen molar-refractivity contribution in [1.29, 1.82) is 0 Å². The van der Waals surface area contributed by atoms with Gasteiger partial charge in [-0.2, -0.15) is 0 Å². The van der Waals surface area contributed by atoms with Gasteiger partial charge in [0, 0.05) is 52.6 Å². The average molecular weight is 579 g/mol.